The monoisotopic (exact) mass is 279 g/mol. The van der Waals surface area contributed by atoms with Gasteiger partial charge in [-0.15, -0.1) is 0 Å². The van der Waals surface area contributed by atoms with Gasteiger partial charge in [0.2, 0.25) is 0 Å². The van der Waals surface area contributed by atoms with Crippen molar-refractivity contribution in [2.45, 2.75) is 27.2 Å². The molecule has 4 heteroatoms. The molecule has 0 unspecified atom stereocenters. The molecule has 0 fully saturated rings. The Labute approximate surface area is 121 Å². The molecule has 20 heavy (non-hydrogen) atoms. The number of ether oxygens (including phenoxy) is 2. The van der Waals surface area contributed by atoms with Crippen LogP contribution in [0.15, 0.2) is 24.3 Å². The molecule has 0 aliphatic carbocycles. The lowest BCUT2D eigenvalue weighted by molar-refractivity contribution is -0.144. The van der Waals surface area contributed by atoms with Gasteiger partial charge in [0.15, 0.2) is 0 Å². The maximum atomic E-state index is 11.5. The van der Waals surface area contributed by atoms with Crippen molar-refractivity contribution in [3.05, 3.63) is 29.8 Å². The number of benzene rings is 1. The van der Waals surface area contributed by atoms with E-state index >= 15 is 0 Å². The van der Waals surface area contributed by atoms with Gasteiger partial charge in [-0.25, -0.2) is 0 Å². The van der Waals surface area contributed by atoms with Gasteiger partial charge in [-0.2, -0.15) is 0 Å². The minimum absolute atomic E-state index is 0.170. The Balaban J connectivity index is 2.39. The normalized spacial score (nSPS) is 10.6. The molecule has 0 aliphatic rings. The highest BCUT2D eigenvalue weighted by molar-refractivity contribution is 5.71. The number of esters is 1. The van der Waals surface area contributed by atoms with Crippen LogP contribution in [0.2, 0.25) is 0 Å². The van der Waals surface area contributed by atoms with Crippen LogP contribution in [-0.4, -0.2) is 43.7 Å². The van der Waals surface area contributed by atoms with Crippen molar-refractivity contribution in [1.82, 2.24) is 4.90 Å². The number of aryl methyl sites for hydroxylation is 1. The van der Waals surface area contributed by atoms with Crippen molar-refractivity contribution in [1.29, 1.82) is 0 Å². The minimum atomic E-state index is -0.170. The van der Waals surface area contributed by atoms with Crippen LogP contribution < -0.4 is 4.74 Å². The van der Waals surface area contributed by atoms with Gasteiger partial charge in [0.25, 0.3) is 0 Å². The van der Waals surface area contributed by atoms with E-state index in [1.165, 1.54) is 0 Å². The number of para-hydroxylation sites is 1. The number of rotatable bonds is 9. The Bertz CT molecular complexity index is 406. The molecule has 112 valence electrons. The van der Waals surface area contributed by atoms with Crippen LogP contribution in [0.5, 0.6) is 5.75 Å². The quantitative estimate of drug-likeness (QED) is 0.651. The van der Waals surface area contributed by atoms with Crippen molar-refractivity contribution >= 4 is 5.97 Å². The Morgan fingerprint density at radius 2 is 1.95 bits per heavy atom. The second-order valence-corrected chi connectivity index (χ2v) is 4.70. The number of hydrogen-bond donors (Lipinski definition) is 0. The molecule has 0 atom stereocenters. The Morgan fingerprint density at radius 1 is 1.20 bits per heavy atom. The number of carbonyl (C=O) groups excluding carboxylic acids is 1. The van der Waals surface area contributed by atoms with Crippen molar-refractivity contribution in [3.63, 3.8) is 0 Å². The minimum Gasteiger partial charge on any atom is -0.492 e. The van der Waals surface area contributed by atoms with Gasteiger partial charge in [0.05, 0.1) is 13.2 Å². The Morgan fingerprint density at radius 3 is 2.60 bits per heavy atom. The smallest absolute Gasteiger partial charge is 0.320 e. The third-order valence-electron chi connectivity index (χ3n) is 2.96. The summed E-state index contributed by atoms with van der Waals surface area (Å²) in [6.45, 7) is 8.87. The first-order valence-corrected chi connectivity index (χ1v) is 7.23. The van der Waals surface area contributed by atoms with Gasteiger partial charge in [0.1, 0.15) is 12.4 Å². The molecule has 0 saturated heterocycles. The maximum absolute atomic E-state index is 11.5. The summed E-state index contributed by atoms with van der Waals surface area (Å²) < 4.78 is 10.7. The van der Waals surface area contributed by atoms with E-state index in [4.69, 9.17) is 9.47 Å². The van der Waals surface area contributed by atoms with Crippen LogP contribution in [0, 0.1) is 6.92 Å². The van der Waals surface area contributed by atoms with Crippen molar-refractivity contribution in [3.8, 4) is 5.75 Å². The topological polar surface area (TPSA) is 38.8 Å². The van der Waals surface area contributed by atoms with E-state index in [9.17, 15) is 4.79 Å². The van der Waals surface area contributed by atoms with E-state index in [-0.39, 0.29) is 5.97 Å². The molecule has 0 bridgehead atoms. The molecule has 0 amide bonds. The molecule has 0 heterocycles. The molecule has 0 saturated carbocycles. The average Bonchev–Trinajstić information content (AvgIpc) is 2.41. The molecule has 1 rings (SSSR count). The van der Waals surface area contributed by atoms with Crippen molar-refractivity contribution < 1.29 is 14.3 Å². The molecule has 0 N–H and O–H groups in total. The van der Waals surface area contributed by atoms with Crippen LogP contribution in [-0.2, 0) is 9.53 Å². The Kier molecular flexibility index (Phi) is 7.73. The van der Waals surface area contributed by atoms with Gasteiger partial charge in [-0.3, -0.25) is 9.69 Å². The third-order valence-corrected chi connectivity index (χ3v) is 2.96. The van der Waals surface area contributed by atoms with E-state index in [2.05, 4.69) is 11.8 Å². The second-order valence-electron chi connectivity index (χ2n) is 4.70. The van der Waals surface area contributed by atoms with Gasteiger partial charge < -0.3 is 9.47 Å². The molecule has 0 spiro atoms. The van der Waals surface area contributed by atoms with Crippen LogP contribution in [0.4, 0.5) is 0 Å². The van der Waals surface area contributed by atoms with Gasteiger partial charge >= 0.3 is 5.97 Å². The van der Waals surface area contributed by atoms with E-state index in [1.807, 2.05) is 38.1 Å². The largest absolute Gasteiger partial charge is 0.492 e. The first-order chi connectivity index (χ1) is 9.67. The third kappa shape index (κ3) is 6.06. The zero-order valence-corrected chi connectivity index (χ0v) is 12.7. The molecule has 4 nitrogen and oxygen atoms in total. The fourth-order valence-electron chi connectivity index (χ4n) is 1.98. The van der Waals surface area contributed by atoms with Gasteiger partial charge in [-0.1, -0.05) is 25.1 Å². The van der Waals surface area contributed by atoms with E-state index in [0.717, 1.165) is 30.8 Å². The fourth-order valence-corrected chi connectivity index (χ4v) is 1.98. The highest BCUT2D eigenvalue weighted by Gasteiger charge is 2.10. The first-order valence-electron chi connectivity index (χ1n) is 7.23. The van der Waals surface area contributed by atoms with Gasteiger partial charge in [0, 0.05) is 6.54 Å². The lowest BCUT2D eigenvalue weighted by Gasteiger charge is -2.20. The average molecular weight is 279 g/mol. The maximum Gasteiger partial charge on any atom is 0.320 e. The highest BCUT2D eigenvalue weighted by atomic mass is 16.5. The number of hydrogen-bond acceptors (Lipinski definition) is 4. The zero-order valence-electron chi connectivity index (χ0n) is 12.7. The van der Waals surface area contributed by atoms with E-state index in [1.54, 1.807) is 0 Å². The number of carbonyl (C=O) groups is 1. The fraction of sp³-hybridized carbons (Fsp3) is 0.562. The summed E-state index contributed by atoms with van der Waals surface area (Å²) >= 11 is 0. The summed E-state index contributed by atoms with van der Waals surface area (Å²) in [6.07, 6.45) is 1.00. The lowest BCUT2D eigenvalue weighted by atomic mass is 10.2. The highest BCUT2D eigenvalue weighted by Crippen LogP contribution is 2.15. The predicted molar refractivity (Wildman–Crippen MR) is 80.0 cm³/mol. The van der Waals surface area contributed by atoms with Crippen molar-refractivity contribution in [2.75, 3.05) is 32.8 Å². The molecule has 0 aliphatic heterocycles. The SMILES string of the molecule is CCCN(CCOc1ccccc1C)CC(=O)OCC. The molecule has 0 aromatic heterocycles. The summed E-state index contributed by atoms with van der Waals surface area (Å²) in [5.41, 5.74) is 1.12. The van der Waals surface area contributed by atoms with Crippen molar-refractivity contribution in [2.24, 2.45) is 0 Å². The molecular weight excluding hydrogens is 254 g/mol. The summed E-state index contributed by atoms with van der Waals surface area (Å²) in [6, 6.07) is 7.94. The standard InChI is InChI=1S/C16H25NO3/c1-4-10-17(13-16(18)19-5-2)11-12-20-15-9-7-6-8-14(15)3/h6-9H,4-5,10-13H2,1-3H3. The summed E-state index contributed by atoms with van der Waals surface area (Å²) in [5, 5.41) is 0. The molecule has 1 aromatic rings. The van der Waals surface area contributed by atoms with Crippen LogP contribution in [0.3, 0.4) is 0 Å². The summed E-state index contributed by atoms with van der Waals surface area (Å²) in [7, 11) is 0. The summed E-state index contributed by atoms with van der Waals surface area (Å²) in [5.74, 6) is 0.733. The van der Waals surface area contributed by atoms with Crippen LogP contribution in [0.25, 0.3) is 0 Å². The van der Waals surface area contributed by atoms with E-state index in [0.29, 0.717) is 19.8 Å². The van der Waals surface area contributed by atoms with Crippen LogP contribution in [0.1, 0.15) is 25.8 Å². The number of nitrogens with zero attached hydrogens (tertiary/aromatic N) is 1. The zero-order chi connectivity index (χ0) is 14.8. The van der Waals surface area contributed by atoms with Crippen LogP contribution >= 0.6 is 0 Å². The molecule has 1 aromatic carbocycles. The van der Waals surface area contributed by atoms with E-state index < -0.39 is 0 Å². The lowest BCUT2D eigenvalue weighted by Crippen LogP contribution is -2.35. The molecular formula is C16H25NO3. The molecule has 0 radical (unpaired) electrons. The predicted octanol–water partition coefficient (Wildman–Crippen LogP) is 2.65. The second kappa shape index (κ2) is 9.37. The van der Waals surface area contributed by atoms with Gasteiger partial charge in [-0.05, 0) is 38.4 Å². The first kappa shape index (κ1) is 16.5. The Hall–Kier alpha value is -1.55. The summed E-state index contributed by atoms with van der Waals surface area (Å²) in [4.78, 5) is 13.6.